The van der Waals surface area contributed by atoms with Gasteiger partial charge in [-0.3, -0.25) is 4.79 Å². The maximum atomic E-state index is 12.9. The number of ketones is 1. The summed E-state index contributed by atoms with van der Waals surface area (Å²) < 4.78 is 2.17. The second kappa shape index (κ2) is 5.21. The van der Waals surface area contributed by atoms with Gasteiger partial charge in [-0.25, -0.2) is 0 Å². The molecule has 0 unspecified atom stereocenters. The van der Waals surface area contributed by atoms with Gasteiger partial charge < -0.3 is 4.57 Å². The first-order valence-corrected chi connectivity index (χ1v) is 7.29. The molecule has 1 heterocycles. The summed E-state index contributed by atoms with van der Waals surface area (Å²) >= 11 is 0. The van der Waals surface area contributed by atoms with Crippen molar-refractivity contribution in [3.05, 3.63) is 71.4 Å². The summed E-state index contributed by atoms with van der Waals surface area (Å²) in [6.45, 7) is 6.25. The van der Waals surface area contributed by atoms with Crippen LogP contribution >= 0.6 is 0 Å². The van der Waals surface area contributed by atoms with Gasteiger partial charge in [-0.15, -0.1) is 0 Å². The molecule has 21 heavy (non-hydrogen) atoms. The summed E-state index contributed by atoms with van der Waals surface area (Å²) in [7, 11) is 0. The number of hydrogen-bond acceptors (Lipinski definition) is 1. The quantitative estimate of drug-likeness (QED) is 0.632. The van der Waals surface area contributed by atoms with Crippen molar-refractivity contribution in [1.29, 1.82) is 0 Å². The van der Waals surface area contributed by atoms with Crippen LogP contribution in [0.15, 0.2) is 54.7 Å². The van der Waals surface area contributed by atoms with Crippen molar-refractivity contribution in [1.82, 2.24) is 4.57 Å². The maximum absolute atomic E-state index is 12.9. The van der Waals surface area contributed by atoms with Crippen molar-refractivity contribution in [2.45, 2.75) is 26.8 Å². The Balaban J connectivity index is 2.22. The standard InChI is InChI=1S/C19H19NO/c1-13(2)20-12-17(16-10-6-7-11-18(16)20)19(21)15-9-5-4-8-14(15)3/h4-13H,1-3H3. The van der Waals surface area contributed by atoms with Gasteiger partial charge in [-0.2, -0.15) is 0 Å². The maximum Gasteiger partial charge on any atom is 0.195 e. The predicted molar refractivity (Wildman–Crippen MR) is 86.9 cm³/mol. The van der Waals surface area contributed by atoms with Crippen LogP contribution in [0, 0.1) is 6.92 Å². The molecule has 2 nitrogen and oxygen atoms in total. The highest BCUT2D eigenvalue weighted by Gasteiger charge is 2.18. The van der Waals surface area contributed by atoms with Crippen LogP contribution in [0.4, 0.5) is 0 Å². The predicted octanol–water partition coefficient (Wildman–Crippen LogP) is 4.76. The third-order valence-electron chi connectivity index (χ3n) is 3.93. The van der Waals surface area contributed by atoms with Crippen LogP contribution in [0.5, 0.6) is 0 Å². The van der Waals surface area contributed by atoms with Crippen LogP contribution in [0.2, 0.25) is 0 Å². The lowest BCUT2D eigenvalue weighted by Gasteiger charge is -2.08. The van der Waals surface area contributed by atoms with Gasteiger partial charge in [-0.05, 0) is 32.4 Å². The van der Waals surface area contributed by atoms with Crippen LogP contribution in [0.3, 0.4) is 0 Å². The molecule has 0 fully saturated rings. The molecule has 2 heteroatoms. The van der Waals surface area contributed by atoms with E-state index in [4.69, 9.17) is 0 Å². The summed E-state index contributed by atoms with van der Waals surface area (Å²) in [4.78, 5) is 12.9. The summed E-state index contributed by atoms with van der Waals surface area (Å²) in [5.41, 5.74) is 3.70. The summed E-state index contributed by atoms with van der Waals surface area (Å²) in [6, 6.07) is 16.2. The number of rotatable bonds is 3. The third kappa shape index (κ3) is 2.27. The first-order valence-electron chi connectivity index (χ1n) is 7.29. The van der Waals surface area contributed by atoms with Crippen molar-refractivity contribution in [3.63, 3.8) is 0 Å². The van der Waals surface area contributed by atoms with Crippen LogP contribution < -0.4 is 0 Å². The van der Waals surface area contributed by atoms with Gasteiger partial charge in [0.25, 0.3) is 0 Å². The molecule has 0 saturated heterocycles. The van der Waals surface area contributed by atoms with Crippen LogP contribution in [0.25, 0.3) is 10.9 Å². The minimum atomic E-state index is 0.101. The highest BCUT2D eigenvalue weighted by molar-refractivity contribution is 6.17. The largest absolute Gasteiger partial charge is 0.344 e. The Bertz CT molecular complexity index is 811. The number of para-hydroxylation sites is 1. The van der Waals surface area contributed by atoms with Gasteiger partial charge in [0.2, 0.25) is 0 Å². The highest BCUT2D eigenvalue weighted by Crippen LogP contribution is 2.27. The van der Waals surface area contributed by atoms with Crippen molar-refractivity contribution < 1.29 is 4.79 Å². The van der Waals surface area contributed by atoms with E-state index in [0.717, 1.165) is 27.6 Å². The zero-order chi connectivity index (χ0) is 15.0. The second-order valence-electron chi connectivity index (χ2n) is 5.70. The minimum absolute atomic E-state index is 0.101. The molecule has 0 N–H and O–H groups in total. The fourth-order valence-electron chi connectivity index (χ4n) is 2.79. The number of hydrogen-bond donors (Lipinski definition) is 0. The van der Waals surface area contributed by atoms with Gasteiger partial charge in [0.1, 0.15) is 0 Å². The monoisotopic (exact) mass is 277 g/mol. The molecule has 0 radical (unpaired) electrons. The molecular weight excluding hydrogens is 258 g/mol. The number of aryl methyl sites for hydroxylation is 1. The lowest BCUT2D eigenvalue weighted by molar-refractivity contribution is 0.103. The fraction of sp³-hybridized carbons (Fsp3) is 0.211. The zero-order valence-corrected chi connectivity index (χ0v) is 12.6. The molecule has 0 atom stereocenters. The number of fused-ring (bicyclic) bond motifs is 1. The lowest BCUT2D eigenvalue weighted by Crippen LogP contribution is -2.03. The van der Waals surface area contributed by atoms with Crippen LogP contribution in [-0.4, -0.2) is 10.4 Å². The fourth-order valence-corrected chi connectivity index (χ4v) is 2.79. The third-order valence-corrected chi connectivity index (χ3v) is 3.93. The highest BCUT2D eigenvalue weighted by atomic mass is 16.1. The molecular formula is C19H19NO. The molecule has 2 aromatic carbocycles. The Hall–Kier alpha value is -2.35. The van der Waals surface area contributed by atoms with E-state index >= 15 is 0 Å². The Morgan fingerprint density at radius 2 is 1.62 bits per heavy atom. The van der Waals surface area contributed by atoms with Gasteiger partial charge in [-0.1, -0.05) is 42.5 Å². The summed E-state index contributed by atoms with van der Waals surface area (Å²) in [5.74, 6) is 0.101. The van der Waals surface area contributed by atoms with Crippen molar-refractivity contribution in [2.24, 2.45) is 0 Å². The molecule has 0 aliphatic rings. The molecule has 0 saturated carbocycles. The van der Waals surface area contributed by atoms with E-state index in [2.05, 4.69) is 24.5 Å². The Morgan fingerprint density at radius 3 is 2.33 bits per heavy atom. The minimum Gasteiger partial charge on any atom is -0.344 e. The van der Waals surface area contributed by atoms with Gasteiger partial charge in [0.15, 0.2) is 5.78 Å². The number of nitrogens with zero attached hydrogens (tertiary/aromatic N) is 1. The van der Waals surface area contributed by atoms with E-state index in [9.17, 15) is 4.79 Å². The van der Waals surface area contributed by atoms with E-state index in [1.165, 1.54) is 0 Å². The lowest BCUT2D eigenvalue weighted by atomic mass is 9.99. The number of carbonyl (C=O) groups is 1. The van der Waals surface area contributed by atoms with E-state index < -0.39 is 0 Å². The average Bonchev–Trinajstić information content (AvgIpc) is 2.87. The SMILES string of the molecule is Cc1ccccc1C(=O)c1cn(C(C)C)c2ccccc12. The van der Waals surface area contributed by atoms with Crippen molar-refractivity contribution in [2.75, 3.05) is 0 Å². The van der Waals surface area contributed by atoms with E-state index in [1.807, 2.05) is 55.6 Å². The van der Waals surface area contributed by atoms with E-state index in [1.54, 1.807) is 0 Å². The van der Waals surface area contributed by atoms with Crippen molar-refractivity contribution in [3.8, 4) is 0 Å². The molecule has 0 amide bonds. The Kier molecular flexibility index (Phi) is 3.38. The number of aromatic nitrogens is 1. The van der Waals surface area contributed by atoms with Gasteiger partial charge >= 0.3 is 0 Å². The molecule has 106 valence electrons. The molecule has 0 spiro atoms. The van der Waals surface area contributed by atoms with Crippen LogP contribution in [-0.2, 0) is 0 Å². The molecule has 3 aromatic rings. The van der Waals surface area contributed by atoms with Crippen molar-refractivity contribution >= 4 is 16.7 Å². The molecule has 3 rings (SSSR count). The normalized spacial score (nSPS) is 11.2. The smallest absolute Gasteiger partial charge is 0.195 e. The number of carbonyl (C=O) groups excluding carboxylic acids is 1. The van der Waals surface area contributed by atoms with Gasteiger partial charge in [0, 0.05) is 34.3 Å². The topological polar surface area (TPSA) is 22.0 Å². The summed E-state index contributed by atoms with van der Waals surface area (Å²) in [5, 5.41) is 1.03. The first-order chi connectivity index (χ1) is 10.1. The Morgan fingerprint density at radius 1 is 0.952 bits per heavy atom. The molecule has 0 aliphatic carbocycles. The molecule has 1 aromatic heterocycles. The van der Waals surface area contributed by atoms with Crippen LogP contribution in [0.1, 0.15) is 41.4 Å². The van der Waals surface area contributed by atoms with Gasteiger partial charge in [0.05, 0.1) is 0 Å². The first kappa shape index (κ1) is 13.6. The average molecular weight is 277 g/mol. The molecule has 0 aliphatic heterocycles. The second-order valence-corrected chi connectivity index (χ2v) is 5.70. The Labute approximate surface area is 125 Å². The zero-order valence-electron chi connectivity index (χ0n) is 12.6. The van der Waals surface area contributed by atoms with E-state index in [-0.39, 0.29) is 5.78 Å². The summed E-state index contributed by atoms with van der Waals surface area (Å²) in [6.07, 6.45) is 1.99. The van der Waals surface area contributed by atoms with E-state index in [0.29, 0.717) is 6.04 Å². The number of benzene rings is 2. The molecule has 0 bridgehead atoms.